The van der Waals surface area contributed by atoms with Gasteiger partial charge in [-0.1, -0.05) is 0 Å². The van der Waals surface area contributed by atoms with E-state index in [9.17, 15) is 0 Å². The molecule has 0 amide bonds. The van der Waals surface area contributed by atoms with Crippen molar-refractivity contribution in [2.45, 2.75) is 0 Å². The van der Waals surface area contributed by atoms with Crippen LogP contribution in [0.25, 0.3) is 0 Å². The molecule has 5 heteroatoms. The monoisotopic (exact) mass is 325 g/mol. The molecule has 0 rings (SSSR count). The summed E-state index contributed by atoms with van der Waals surface area (Å²) in [6.45, 7) is 0. The van der Waals surface area contributed by atoms with E-state index in [1.54, 1.807) is 0 Å². The Hall–Kier alpha value is 4.73. The predicted molar refractivity (Wildman–Crippen MR) is 11.5 cm³/mol. The second-order valence-corrected chi connectivity index (χ2v) is 0. The van der Waals surface area contributed by atoms with Gasteiger partial charge in [-0.15, -0.1) is 0 Å². The molecule has 5 radical (unpaired) electrons. The minimum absolute atomic E-state index is 0. The quantitative estimate of drug-likeness (QED) is 0.513. The molecular formula is CaFeSrVZr. The zero-order chi connectivity index (χ0) is 0. The third-order valence-electron chi connectivity index (χ3n) is 0. The van der Waals surface area contributed by atoms with Crippen molar-refractivity contribution in [1.82, 2.24) is 0 Å². The van der Waals surface area contributed by atoms with Crippen LogP contribution in [0.2, 0.25) is 0 Å². The molecule has 0 saturated heterocycles. The Labute approximate surface area is 141 Å². The molecule has 0 unspecified atom stereocenters. The third-order valence-corrected chi connectivity index (χ3v) is 0. The molecule has 0 heterocycles. The van der Waals surface area contributed by atoms with E-state index in [4.69, 9.17) is 0 Å². The fourth-order valence-corrected chi connectivity index (χ4v) is 0. The SMILES string of the molecule is [Ca].[Fe].[Sr].[V].[Zr]. The summed E-state index contributed by atoms with van der Waals surface area (Å²) in [5, 5.41) is 0. The normalized spacial score (nSPS) is 0. The van der Waals surface area contributed by atoms with Crippen molar-refractivity contribution in [3.63, 3.8) is 0 Å². The Balaban J connectivity index is 0. The summed E-state index contributed by atoms with van der Waals surface area (Å²) >= 11 is 0. The summed E-state index contributed by atoms with van der Waals surface area (Å²) < 4.78 is 0. The summed E-state index contributed by atoms with van der Waals surface area (Å²) in [6.07, 6.45) is 0. The molecule has 0 aliphatic carbocycles. The average molecular weight is 326 g/mol. The Morgan fingerprint density at radius 1 is 1.00 bits per heavy atom. The Morgan fingerprint density at radius 3 is 1.00 bits per heavy atom. The van der Waals surface area contributed by atoms with Gasteiger partial charge in [0, 0.05) is 145 Å². The van der Waals surface area contributed by atoms with E-state index in [2.05, 4.69) is 0 Å². The Kier molecular flexibility index (Phi) is 155. The Bertz CT molecular complexity index is 11.6. The van der Waals surface area contributed by atoms with Gasteiger partial charge in [-0.25, -0.2) is 0 Å². The molecule has 0 N–H and O–H groups in total. The molecule has 0 nitrogen and oxygen atoms in total. The fraction of sp³-hybridized carbons (Fsp3) is 0. The smallest absolute Gasteiger partial charge is 0 e. The average Bonchev–Trinajstić information content (AvgIpc) is 0. The molecular weight excluding hydrogens is 326 g/mol. The number of hydrogen-bond acceptors (Lipinski definition) is 0. The van der Waals surface area contributed by atoms with Crippen LogP contribution in [-0.4, -0.2) is 83.2 Å². The first-order valence-corrected chi connectivity index (χ1v) is 0. The van der Waals surface area contributed by atoms with Crippen LogP contribution in [-0.2, 0) is 61.8 Å². The van der Waals surface area contributed by atoms with E-state index in [1.807, 2.05) is 0 Å². The van der Waals surface area contributed by atoms with Gasteiger partial charge in [0.15, 0.2) is 0 Å². The van der Waals surface area contributed by atoms with Gasteiger partial charge in [0.25, 0.3) is 0 Å². The minimum atomic E-state index is 0. The van der Waals surface area contributed by atoms with Crippen molar-refractivity contribution in [1.29, 1.82) is 0 Å². The largest absolute Gasteiger partial charge is 0 e. The fourth-order valence-electron chi connectivity index (χ4n) is 0. The number of hydrogen-bond donors (Lipinski definition) is 0. The maximum Gasteiger partial charge on any atom is 0 e. The van der Waals surface area contributed by atoms with E-state index < -0.39 is 0 Å². The van der Waals surface area contributed by atoms with Crippen molar-refractivity contribution >= 4 is 83.2 Å². The van der Waals surface area contributed by atoms with E-state index >= 15 is 0 Å². The van der Waals surface area contributed by atoms with E-state index in [-0.39, 0.29) is 145 Å². The second kappa shape index (κ2) is 23.3. The second-order valence-electron chi connectivity index (χ2n) is 0. The van der Waals surface area contributed by atoms with Crippen LogP contribution in [0, 0.1) is 0 Å². The standard InChI is InChI=1S/Ca.Fe.Sr.V.Zr. The molecule has 0 aliphatic heterocycles. The molecule has 0 fully saturated rings. The van der Waals surface area contributed by atoms with Crippen LogP contribution in [0.15, 0.2) is 0 Å². The zero-order valence-corrected chi connectivity index (χ0v) is 13.4. The topological polar surface area (TPSA) is 0 Å². The van der Waals surface area contributed by atoms with Crippen molar-refractivity contribution in [3.8, 4) is 0 Å². The summed E-state index contributed by atoms with van der Waals surface area (Å²) in [7, 11) is 0. The Morgan fingerprint density at radius 2 is 1.00 bits per heavy atom. The summed E-state index contributed by atoms with van der Waals surface area (Å²) in [4.78, 5) is 0. The van der Waals surface area contributed by atoms with E-state index in [0.29, 0.717) is 0 Å². The van der Waals surface area contributed by atoms with Gasteiger partial charge in [-0.2, -0.15) is 0 Å². The summed E-state index contributed by atoms with van der Waals surface area (Å²) in [5.41, 5.74) is 0. The summed E-state index contributed by atoms with van der Waals surface area (Å²) in [5.74, 6) is 0. The third kappa shape index (κ3) is 17.7. The van der Waals surface area contributed by atoms with Crippen molar-refractivity contribution in [3.05, 3.63) is 0 Å². The van der Waals surface area contributed by atoms with E-state index in [1.165, 1.54) is 0 Å². The number of rotatable bonds is 0. The summed E-state index contributed by atoms with van der Waals surface area (Å²) in [6, 6.07) is 0. The first kappa shape index (κ1) is 33.2. The van der Waals surface area contributed by atoms with Gasteiger partial charge < -0.3 is 0 Å². The molecule has 0 spiro atoms. The van der Waals surface area contributed by atoms with Gasteiger partial charge >= 0.3 is 0 Å². The molecule has 0 aromatic carbocycles. The van der Waals surface area contributed by atoms with Crippen LogP contribution in [0.1, 0.15) is 0 Å². The molecule has 21 valence electrons. The van der Waals surface area contributed by atoms with Crippen molar-refractivity contribution < 1.29 is 61.8 Å². The van der Waals surface area contributed by atoms with E-state index in [0.717, 1.165) is 0 Å². The van der Waals surface area contributed by atoms with Gasteiger partial charge in [-0.05, 0) is 0 Å². The molecule has 0 aromatic heterocycles. The van der Waals surface area contributed by atoms with Crippen LogP contribution < -0.4 is 0 Å². The van der Waals surface area contributed by atoms with Crippen LogP contribution in [0.3, 0.4) is 0 Å². The predicted octanol–water partition coefficient (Wildman–Crippen LogP) is -0.769. The first-order valence-electron chi connectivity index (χ1n) is 0. The molecule has 0 saturated carbocycles. The van der Waals surface area contributed by atoms with Gasteiger partial charge in [0.1, 0.15) is 0 Å². The van der Waals surface area contributed by atoms with Gasteiger partial charge in [-0.3, -0.25) is 0 Å². The van der Waals surface area contributed by atoms with Crippen LogP contribution >= 0.6 is 0 Å². The molecule has 0 aliphatic rings. The van der Waals surface area contributed by atoms with Gasteiger partial charge in [0.05, 0.1) is 0 Å². The van der Waals surface area contributed by atoms with Crippen LogP contribution in [0.4, 0.5) is 0 Å². The zero-order valence-electron chi connectivity index (χ0n) is 2.71. The molecule has 5 heavy (non-hydrogen) atoms. The van der Waals surface area contributed by atoms with Crippen LogP contribution in [0.5, 0.6) is 0 Å². The minimum Gasteiger partial charge on any atom is 0 e. The maximum atomic E-state index is 0. The maximum absolute atomic E-state index is 0. The molecule has 0 aromatic rings. The molecule has 0 atom stereocenters. The van der Waals surface area contributed by atoms with Crippen molar-refractivity contribution in [2.24, 2.45) is 0 Å². The van der Waals surface area contributed by atoms with Crippen molar-refractivity contribution in [2.75, 3.05) is 0 Å². The first-order chi connectivity index (χ1) is 0. The molecule has 0 bridgehead atoms. The van der Waals surface area contributed by atoms with Gasteiger partial charge in [0.2, 0.25) is 0 Å².